The molecule has 4 aromatic rings. The molecular formula is C26H24N2O3S. The molecule has 1 amide bonds. The fourth-order valence-electron chi connectivity index (χ4n) is 3.67. The number of fused-ring (bicyclic) bond motifs is 1. The average Bonchev–Trinajstić information content (AvgIpc) is 3.12. The summed E-state index contributed by atoms with van der Waals surface area (Å²) >= 11 is 1.41. The number of hydrogen-bond donors (Lipinski definition) is 0. The lowest BCUT2D eigenvalue weighted by atomic mass is 10.0. The summed E-state index contributed by atoms with van der Waals surface area (Å²) in [6.07, 6.45) is 0. The number of carbonyl (C=O) groups excluding carboxylic acids is 2. The number of thiazole rings is 1. The number of benzene rings is 3. The van der Waals surface area contributed by atoms with Gasteiger partial charge in [0.1, 0.15) is 6.54 Å². The van der Waals surface area contributed by atoms with Gasteiger partial charge in [-0.05, 0) is 61.2 Å². The summed E-state index contributed by atoms with van der Waals surface area (Å²) in [6.45, 7) is 6.12. The molecule has 3 aromatic carbocycles. The van der Waals surface area contributed by atoms with Gasteiger partial charge in [0, 0.05) is 5.56 Å². The summed E-state index contributed by atoms with van der Waals surface area (Å²) < 4.78 is 7.92. The quantitative estimate of drug-likeness (QED) is 0.393. The van der Waals surface area contributed by atoms with E-state index >= 15 is 0 Å². The van der Waals surface area contributed by atoms with E-state index in [2.05, 4.69) is 11.1 Å². The number of carbonyl (C=O) groups is 2. The monoisotopic (exact) mass is 444 g/mol. The lowest BCUT2D eigenvalue weighted by molar-refractivity contribution is -0.143. The van der Waals surface area contributed by atoms with Gasteiger partial charge >= 0.3 is 5.97 Å². The SMILES string of the molecule is CCOC(=O)Cn1c(=NC(=O)c2ccc(-c3ccccc3)cc2)sc2c(C)cc(C)cc21. The molecule has 0 unspecified atom stereocenters. The first-order valence-corrected chi connectivity index (χ1v) is 11.3. The maximum atomic E-state index is 13.0. The molecule has 0 aliphatic heterocycles. The van der Waals surface area contributed by atoms with Crippen LogP contribution < -0.4 is 4.80 Å². The van der Waals surface area contributed by atoms with Crippen LogP contribution in [0.1, 0.15) is 28.4 Å². The maximum absolute atomic E-state index is 13.0. The van der Waals surface area contributed by atoms with Crippen molar-refractivity contribution in [1.29, 1.82) is 0 Å². The van der Waals surface area contributed by atoms with Crippen molar-refractivity contribution in [2.24, 2.45) is 4.99 Å². The van der Waals surface area contributed by atoms with Gasteiger partial charge in [0.05, 0.1) is 16.8 Å². The average molecular weight is 445 g/mol. The van der Waals surface area contributed by atoms with Crippen molar-refractivity contribution in [2.45, 2.75) is 27.3 Å². The Balaban J connectivity index is 1.74. The molecule has 6 heteroatoms. The molecule has 0 spiro atoms. The van der Waals surface area contributed by atoms with Gasteiger partial charge in [-0.1, -0.05) is 59.9 Å². The van der Waals surface area contributed by atoms with Gasteiger partial charge in [0.15, 0.2) is 4.80 Å². The highest BCUT2D eigenvalue weighted by molar-refractivity contribution is 7.16. The van der Waals surface area contributed by atoms with Crippen molar-refractivity contribution < 1.29 is 14.3 Å². The van der Waals surface area contributed by atoms with E-state index in [1.54, 1.807) is 23.6 Å². The van der Waals surface area contributed by atoms with Gasteiger partial charge in [-0.25, -0.2) is 0 Å². The Hall–Kier alpha value is -3.51. The van der Waals surface area contributed by atoms with Gasteiger partial charge < -0.3 is 9.30 Å². The first-order chi connectivity index (χ1) is 15.5. The zero-order valence-electron chi connectivity index (χ0n) is 18.3. The van der Waals surface area contributed by atoms with Crippen molar-refractivity contribution in [3.8, 4) is 11.1 Å². The summed E-state index contributed by atoms with van der Waals surface area (Å²) in [4.78, 5) is 30.1. The summed E-state index contributed by atoms with van der Waals surface area (Å²) in [7, 11) is 0. The number of nitrogens with zero attached hydrogens (tertiary/aromatic N) is 2. The predicted molar refractivity (Wildman–Crippen MR) is 128 cm³/mol. The first-order valence-electron chi connectivity index (χ1n) is 10.5. The zero-order chi connectivity index (χ0) is 22.7. The molecule has 162 valence electrons. The predicted octanol–water partition coefficient (Wildman–Crippen LogP) is 5.29. The summed E-state index contributed by atoms with van der Waals surface area (Å²) in [5, 5.41) is 0. The molecule has 0 saturated heterocycles. The molecule has 5 nitrogen and oxygen atoms in total. The molecule has 0 atom stereocenters. The summed E-state index contributed by atoms with van der Waals surface area (Å²) in [6, 6.07) is 21.5. The van der Waals surface area contributed by atoms with E-state index in [-0.39, 0.29) is 18.4 Å². The van der Waals surface area contributed by atoms with Crippen LogP contribution in [0.15, 0.2) is 71.7 Å². The van der Waals surface area contributed by atoms with Crippen LogP contribution in [0.25, 0.3) is 21.3 Å². The Bertz CT molecular complexity index is 1350. The Morgan fingerprint density at radius 3 is 2.34 bits per heavy atom. The third-order valence-corrected chi connectivity index (χ3v) is 6.37. The van der Waals surface area contributed by atoms with Gasteiger partial charge in [-0.2, -0.15) is 4.99 Å². The number of ether oxygens (including phenoxy) is 1. The van der Waals surface area contributed by atoms with Crippen LogP contribution in [0.3, 0.4) is 0 Å². The third-order valence-electron chi connectivity index (χ3n) is 5.14. The van der Waals surface area contributed by atoms with Crippen molar-refractivity contribution >= 4 is 33.4 Å². The smallest absolute Gasteiger partial charge is 0.326 e. The van der Waals surface area contributed by atoms with E-state index < -0.39 is 0 Å². The number of aryl methyl sites for hydroxylation is 2. The molecule has 0 radical (unpaired) electrons. The molecule has 4 rings (SSSR count). The third kappa shape index (κ3) is 4.55. The van der Waals surface area contributed by atoms with Crippen LogP contribution in [0, 0.1) is 13.8 Å². The molecule has 1 heterocycles. The second kappa shape index (κ2) is 9.32. The zero-order valence-corrected chi connectivity index (χ0v) is 19.1. The molecule has 0 fully saturated rings. The van der Waals surface area contributed by atoms with Crippen molar-refractivity contribution in [2.75, 3.05) is 6.61 Å². The topological polar surface area (TPSA) is 60.7 Å². The van der Waals surface area contributed by atoms with E-state index in [0.29, 0.717) is 17.0 Å². The van der Waals surface area contributed by atoms with E-state index in [4.69, 9.17) is 4.74 Å². The molecule has 1 aromatic heterocycles. The Morgan fingerprint density at radius 1 is 0.969 bits per heavy atom. The molecule has 0 saturated carbocycles. The molecular weight excluding hydrogens is 420 g/mol. The van der Waals surface area contributed by atoms with Crippen LogP contribution in [-0.2, 0) is 16.1 Å². The second-order valence-corrected chi connectivity index (χ2v) is 8.54. The molecule has 32 heavy (non-hydrogen) atoms. The van der Waals surface area contributed by atoms with Crippen molar-refractivity contribution in [3.63, 3.8) is 0 Å². The van der Waals surface area contributed by atoms with Crippen molar-refractivity contribution in [3.05, 3.63) is 88.2 Å². The Morgan fingerprint density at radius 2 is 1.66 bits per heavy atom. The summed E-state index contributed by atoms with van der Waals surface area (Å²) in [5.41, 5.74) is 5.67. The highest BCUT2D eigenvalue weighted by Crippen LogP contribution is 2.24. The number of aromatic nitrogens is 1. The van der Waals surface area contributed by atoms with Gasteiger partial charge in [0.2, 0.25) is 0 Å². The van der Waals surface area contributed by atoms with E-state index in [1.807, 2.05) is 62.4 Å². The van der Waals surface area contributed by atoms with E-state index in [1.165, 1.54) is 11.3 Å². The van der Waals surface area contributed by atoms with Crippen molar-refractivity contribution in [1.82, 2.24) is 4.57 Å². The van der Waals surface area contributed by atoms with Gasteiger partial charge in [0.25, 0.3) is 5.91 Å². The highest BCUT2D eigenvalue weighted by Gasteiger charge is 2.15. The van der Waals surface area contributed by atoms with Crippen LogP contribution >= 0.6 is 11.3 Å². The summed E-state index contributed by atoms with van der Waals surface area (Å²) in [5.74, 6) is -0.698. The standard InChI is InChI=1S/C26H24N2O3S/c1-4-31-23(29)16-28-22-15-17(2)14-18(3)24(22)32-26(28)27-25(30)21-12-10-20(11-13-21)19-8-6-5-7-9-19/h5-15H,4,16H2,1-3H3. The largest absolute Gasteiger partial charge is 0.465 e. The Kier molecular flexibility index (Phi) is 6.32. The normalized spacial score (nSPS) is 11.7. The second-order valence-electron chi connectivity index (χ2n) is 7.57. The molecule has 0 aliphatic carbocycles. The van der Waals surface area contributed by atoms with E-state index in [9.17, 15) is 9.59 Å². The minimum atomic E-state index is -0.354. The number of amides is 1. The fourth-order valence-corrected chi connectivity index (χ4v) is 4.75. The van der Waals surface area contributed by atoms with Crippen LogP contribution in [-0.4, -0.2) is 23.1 Å². The minimum Gasteiger partial charge on any atom is -0.465 e. The molecule has 0 N–H and O–H groups in total. The fraction of sp³-hybridized carbons (Fsp3) is 0.192. The van der Waals surface area contributed by atoms with Gasteiger partial charge in [-0.3, -0.25) is 9.59 Å². The Labute approximate surface area is 190 Å². The maximum Gasteiger partial charge on any atom is 0.326 e. The van der Waals surface area contributed by atoms with Crippen LogP contribution in [0.4, 0.5) is 0 Å². The molecule has 0 aliphatic rings. The first kappa shape index (κ1) is 21.7. The van der Waals surface area contributed by atoms with Crippen LogP contribution in [0.5, 0.6) is 0 Å². The van der Waals surface area contributed by atoms with Crippen LogP contribution in [0.2, 0.25) is 0 Å². The minimum absolute atomic E-state index is 0.00971. The lowest BCUT2D eigenvalue weighted by Crippen LogP contribution is -2.23. The number of rotatable bonds is 5. The number of esters is 1. The highest BCUT2D eigenvalue weighted by atomic mass is 32.1. The van der Waals surface area contributed by atoms with E-state index in [0.717, 1.165) is 32.5 Å². The molecule has 0 bridgehead atoms. The van der Waals surface area contributed by atoms with Gasteiger partial charge in [-0.15, -0.1) is 0 Å². The lowest BCUT2D eigenvalue weighted by Gasteiger charge is -2.06. The number of hydrogen-bond acceptors (Lipinski definition) is 4.